The van der Waals surface area contributed by atoms with Gasteiger partial charge in [0.2, 0.25) is 0 Å². The molecular weight excluding hydrogens is 382 g/mol. The van der Waals surface area contributed by atoms with E-state index >= 15 is 0 Å². The van der Waals surface area contributed by atoms with Gasteiger partial charge in [-0.3, -0.25) is 4.90 Å². The fourth-order valence-corrected chi connectivity index (χ4v) is 2.81. The van der Waals surface area contributed by atoms with Crippen molar-refractivity contribution in [1.29, 1.82) is 0 Å². The zero-order valence-electron chi connectivity index (χ0n) is 10.9. The largest absolute Gasteiger partial charge is 0.491 e. The lowest BCUT2D eigenvalue weighted by Crippen LogP contribution is -2.11. The Bertz CT molecular complexity index is 585. The minimum atomic E-state index is 0.533. The second-order valence-corrected chi connectivity index (χ2v) is 6.72. The Morgan fingerprint density at radius 1 is 1.05 bits per heavy atom. The Balaban J connectivity index is 1.48. The van der Waals surface area contributed by atoms with Crippen molar-refractivity contribution in [3.63, 3.8) is 0 Å². The Morgan fingerprint density at radius 2 is 1.80 bits per heavy atom. The summed E-state index contributed by atoms with van der Waals surface area (Å²) in [6.45, 7) is 2.86. The number of para-hydroxylation sites is 1. The molecule has 2 aromatic rings. The molecule has 0 amide bonds. The average Bonchev–Trinajstić information content (AvgIpc) is 3.19. The zero-order valence-corrected chi connectivity index (χ0v) is 14.1. The number of benzene rings is 2. The van der Waals surface area contributed by atoms with Crippen LogP contribution in [0.5, 0.6) is 5.75 Å². The molecule has 20 heavy (non-hydrogen) atoms. The molecule has 2 unspecified atom stereocenters. The van der Waals surface area contributed by atoms with E-state index in [2.05, 4.69) is 61.0 Å². The number of hydrogen-bond donors (Lipinski definition) is 0. The van der Waals surface area contributed by atoms with Crippen molar-refractivity contribution in [2.45, 2.75) is 12.6 Å². The van der Waals surface area contributed by atoms with Crippen LogP contribution in [0.3, 0.4) is 0 Å². The predicted molar refractivity (Wildman–Crippen MR) is 88.0 cm³/mol. The van der Waals surface area contributed by atoms with Gasteiger partial charge >= 0.3 is 0 Å². The van der Waals surface area contributed by atoms with Gasteiger partial charge in [0, 0.05) is 17.6 Å². The highest BCUT2D eigenvalue weighted by atomic mass is 79.9. The summed E-state index contributed by atoms with van der Waals surface area (Å²) < 4.78 is 7.99. The second kappa shape index (κ2) is 6.29. The highest BCUT2D eigenvalue weighted by Gasteiger charge is 2.34. The van der Waals surface area contributed by atoms with E-state index in [-0.39, 0.29) is 0 Å². The van der Waals surface area contributed by atoms with Crippen LogP contribution in [0.2, 0.25) is 0 Å². The van der Waals surface area contributed by atoms with Gasteiger partial charge in [-0.15, -0.1) is 0 Å². The van der Waals surface area contributed by atoms with Crippen molar-refractivity contribution < 1.29 is 4.74 Å². The molecule has 1 aliphatic rings. The molecule has 0 spiro atoms. The number of ether oxygens (including phenoxy) is 1. The Hall–Kier alpha value is -0.840. The summed E-state index contributed by atoms with van der Waals surface area (Å²) in [6, 6.07) is 17.0. The van der Waals surface area contributed by atoms with E-state index in [1.54, 1.807) is 0 Å². The topological polar surface area (TPSA) is 12.2 Å². The Labute approximate surface area is 136 Å². The molecule has 2 aromatic carbocycles. The first-order valence-electron chi connectivity index (χ1n) is 6.58. The van der Waals surface area contributed by atoms with Gasteiger partial charge in [-0.1, -0.05) is 40.2 Å². The Morgan fingerprint density at radius 3 is 2.55 bits per heavy atom. The molecule has 0 aliphatic carbocycles. The molecule has 1 fully saturated rings. The van der Waals surface area contributed by atoms with Gasteiger partial charge in [0.25, 0.3) is 0 Å². The van der Waals surface area contributed by atoms with E-state index < -0.39 is 0 Å². The smallest absolute Gasteiger partial charge is 0.133 e. The monoisotopic (exact) mass is 395 g/mol. The molecule has 104 valence electrons. The number of hydrogen-bond acceptors (Lipinski definition) is 2. The van der Waals surface area contributed by atoms with Gasteiger partial charge in [-0.2, -0.15) is 0 Å². The van der Waals surface area contributed by atoms with Gasteiger partial charge in [0.1, 0.15) is 12.4 Å². The first-order valence-corrected chi connectivity index (χ1v) is 8.17. The summed E-state index contributed by atoms with van der Waals surface area (Å²) >= 11 is 6.96. The molecule has 0 saturated carbocycles. The molecule has 3 rings (SSSR count). The van der Waals surface area contributed by atoms with Crippen LogP contribution in [0.4, 0.5) is 0 Å². The van der Waals surface area contributed by atoms with E-state index in [1.807, 2.05) is 24.3 Å². The molecule has 2 atom stereocenters. The van der Waals surface area contributed by atoms with E-state index in [9.17, 15) is 0 Å². The first-order chi connectivity index (χ1) is 9.72. The highest BCUT2D eigenvalue weighted by molar-refractivity contribution is 9.10. The molecule has 0 N–H and O–H groups in total. The van der Waals surface area contributed by atoms with Crippen molar-refractivity contribution in [2.75, 3.05) is 13.2 Å². The maximum absolute atomic E-state index is 5.85. The van der Waals surface area contributed by atoms with Crippen molar-refractivity contribution in [3.05, 3.63) is 63.0 Å². The van der Waals surface area contributed by atoms with Crippen LogP contribution in [-0.2, 0) is 6.54 Å². The molecular formula is C16H15Br2NO. The molecule has 1 saturated heterocycles. The highest BCUT2D eigenvalue weighted by Crippen LogP contribution is 2.27. The lowest BCUT2D eigenvalue weighted by atomic mass is 10.2. The number of rotatable bonds is 5. The normalized spacial score (nSPS) is 20.7. The zero-order chi connectivity index (χ0) is 13.9. The van der Waals surface area contributed by atoms with E-state index in [4.69, 9.17) is 4.74 Å². The summed E-state index contributed by atoms with van der Waals surface area (Å²) in [7, 11) is 0. The summed E-state index contributed by atoms with van der Waals surface area (Å²) in [5, 5.41) is 0. The van der Waals surface area contributed by atoms with Crippen LogP contribution in [0, 0.1) is 0 Å². The van der Waals surface area contributed by atoms with Gasteiger partial charge in [-0.05, 0) is 45.8 Å². The summed E-state index contributed by atoms with van der Waals surface area (Å²) in [6.07, 6.45) is 0. The lowest BCUT2D eigenvalue weighted by molar-refractivity contribution is 0.291. The minimum absolute atomic E-state index is 0.533. The van der Waals surface area contributed by atoms with Crippen molar-refractivity contribution in [1.82, 2.24) is 4.90 Å². The molecule has 4 heteroatoms. The fourth-order valence-electron chi connectivity index (χ4n) is 2.15. The minimum Gasteiger partial charge on any atom is -0.491 e. The van der Waals surface area contributed by atoms with Crippen LogP contribution < -0.4 is 4.74 Å². The van der Waals surface area contributed by atoms with Gasteiger partial charge in [0.05, 0.1) is 10.5 Å². The maximum atomic E-state index is 5.85. The van der Waals surface area contributed by atoms with Crippen LogP contribution in [-0.4, -0.2) is 24.1 Å². The summed E-state index contributed by atoms with van der Waals surface area (Å²) in [5.41, 5.74) is 1.34. The third-order valence-electron chi connectivity index (χ3n) is 3.39. The van der Waals surface area contributed by atoms with Gasteiger partial charge < -0.3 is 4.74 Å². The SMILES string of the molecule is Brc1ccc(CN2CC2COc2ccccc2Br)cc1. The molecule has 0 bridgehead atoms. The third kappa shape index (κ3) is 3.62. The second-order valence-electron chi connectivity index (χ2n) is 4.95. The van der Waals surface area contributed by atoms with E-state index in [1.165, 1.54) is 5.56 Å². The number of nitrogens with zero attached hydrogens (tertiary/aromatic N) is 1. The van der Waals surface area contributed by atoms with Crippen molar-refractivity contribution in [2.24, 2.45) is 0 Å². The Kier molecular flexibility index (Phi) is 4.44. The summed E-state index contributed by atoms with van der Waals surface area (Å²) in [4.78, 5) is 2.42. The lowest BCUT2D eigenvalue weighted by Gasteiger charge is -2.08. The van der Waals surface area contributed by atoms with Crippen LogP contribution in [0.15, 0.2) is 57.5 Å². The van der Waals surface area contributed by atoms with Gasteiger partial charge in [-0.25, -0.2) is 0 Å². The number of halogens is 2. The van der Waals surface area contributed by atoms with Crippen LogP contribution >= 0.6 is 31.9 Å². The van der Waals surface area contributed by atoms with E-state index in [0.717, 1.165) is 34.4 Å². The molecule has 0 aromatic heterocycles. The third-order valence-corrected chi connectivity index (χ3v) is 4.58. The van der Waals surface area contributed by atoms with E-state index in [0.29, 0.717) is 6.04 Å². The van der Waals surface area contributed by atoms with Crippen molar-refractivity contribution >= 4 is 31.9 Å². The van der Waals surface area contributed by atoms with Crippen LogP contribution in [0.25, 0.3) is 0 Å². The first kappa shape index (κ1) is 14.1. The standard InChI is InChI=1S/C16H15Br2NO/c17-13-7-5-12(6-8-13)9-19-10-14(19)11-20-16-4-2-1-3-15(16)18/h1-8,14H,9-11H2. The van der Waals surface area contributed by atoms with Gasteiger partial charge in [0.15, 0.2) is 0 Å². The molecule has 1 aliphatic heterocycles. The molecule has 1 heterocycles. The average molecular weight is 397 g/mol. The van der Waals surface area contributed by atoms with Crippen molar-refractivity contribution in [3.8, 4) is 5.75 Å². The molecule has 2 nitrogen and oxygen atoms in total. The quantitative estimate of drug-likeness (QED) is 0.691. The van der Waals surface area contributed by atoms with Crippen LogP contribution in [0.1, 0.15) is 5.56 Å². The predicted octanol–water partition coefficient (Wildman–Crippen LogP) is 4.47. The maximum Gasteiger partial charge on any atom is 0.133 e. The summed E-state index contributed by atoms with van der Waals surface area (Å²) in [5.74, 6) is 0.919. The molecule has 0 radical (unpaired) electrons. The fraction of sp³-hybridized carbons (Fsp3) is 0.250.